The second kappa shape index (κ2) is 8.69. The first kappa shape index (κ1) is 19.6. The molecule has 6 nitrogen and oxygen atoms in total. The van der Waals surface area contributed by atoms with E-state index in [1.165, 1.54) is 31.4 Å². The van der Waals surface area contributed by atoms with E-state index in [1.807, 2.05) is 6.07 Å². The van der Waals surface area contributed by atoms with Crippen molar-refractivity contribution in [2.45, 2.75) is 11.0 Å². The van der Waals surface area contributed by atoms with Gasteiger partial charge in [0.2, 0.25) is 0 Å². The monoisotopic (exact) mass is 397 g/mol. The number of para-hydroxylation sites is 1. The minimum atomic E-state index is -4.19. The number of rotatable bonds is 7. The molecule has 0 heterocycles. The number of anilines is 1. The molecule has 1 atom stereocenters. The molecule has 0 spiro atoms. The molecule has 28 heavy (non-hydrogen) atoms. The predicted molar refractivity (Wildman–Crippen MR) is 106 cm³/mol. The van der Waals surface area contributed by atoms with E-state index in [-0.39, 0.29) is 4.90 Å². The number of amides is 1. The molecule has 0 saturated carbocycles. The summed E-state index contributed by atoms with van der Waals surface area (Å²) in [5.41, 5.74) is 0.965. The minimum Gasteiger partial charge on any atom is -0.497 e. The molecule has 0 saturated heterocycles. The maximum Gasteiger partial charge on any atom is 0.298 e. The van der Waals surface area contributed by atoms with Gasteiger partial charge in [-0.3, -0.25) is 4.79 Å². The Morgan fingerprint density at radius 3 is 2.00 bits per heavy atom. The Kier molecular flexibility index (Phi) is 6.08. The zero-order chi connectivity index (χ0) is 20.0. The van der Waals surface area contributed by atoms with Crippen LogP contribution in [0, 0.1) is 0 Å². The number of benzene rings is 3. The standard InChI is InChI=1S/C21H19NO5S/c1-26-18-12-14-19(15-13-18)28(24,25)27-20(16-8-4-2-5-9-16)21(23)22-17-10-6-3-7-11-17/h2-15,20H,1H3,(H,22,23)/t20-/m0/s1. The number of nitrogens with one attached hydrogen (secondary N) is 1. The van der Waals surface area contributed by atoms with Gasteiger partial charge in [-0.2, -0.15) is 8.42 Å². The fraction of sp³-hybridized carbons (Fsp3) is 0.0952. The first-order chi connectivity index (χ1) is 13.5. The van der Waals surface area contributed by atoms with Crippen molar-refractivity contribution < 1.29 is 22.1 Å². The third-order valence-corrected chi connectivity index (χ3v) is 5.25. The van der Waals surface area contributed by atoms with E-state index in [0.717, 1.165) is 0 Å². The Bertz CT molecular complexity index is 1020. The van der Waals surface area contributed by atoms with Crippen LogP contribution in [0.15, 0.2) is 89.8 Å². The molecule has 0 unspecified atom stereocenters. The van der Waals surface area contributed by atoms with Crippen LogP contribution in [0.5, 0.6) is 5.75 Å². The van der Waals surface area contributed by atoms with Gasteiger partial charge in [0.25, 0.3) is 16.0 Å². The highest BCUT2D eigenvalue weighted by Gasteiger charge is 2.29. The maximum absolute atomic E-state index is 12.8. The first-order valence-corrected chi connectivity index (χ1v) is 9.88. The van der Waals surface area contributed by atoms with Gasteiger partial charge in [-0.05, 0) is 42.0 Å². The molecule has 7 heteroatoms. The van der Waals surface area contributed by atoms with E-state index in [9.17, 15) is 13.2 Å². The molecule has 0 aliphatic heterocycles. The molecular formula is C21H19NO5S. The smallest absolute Gasteiger partial charge is 0.298 e. The molecular weight excluding hydrogens is 378 g/mol. The van der Waals surface area contributed by atoms with Gasteiger partial charge in [0.1, 0.15) is 5.75 Å². The van der Waals surface area contributed by atoms with Crippen LogP contribution in [0.2, 0.25) is 0 Å². The number of carbonyl (C=O) groups is 1. The Hall–Kier alpha value is -3.16. The van der Waals surface area contributed by atoms with E-state index >= 15 is 0 Å². The first-order valence-electron chi connectivity index (χ1n) is 8.48. The molecule has 0 aliphatic rings. The van der Waals surface area contributed by atoms with Crippen LogP contribution in [0.4, 0.5) is 5.69 Å². The van der Waals surface area contributed by atoms with Crippen molar-refractivity contribution in [1.82, 2.24) is 0 Å². The zero-order valence-corrected chi connectivity index (χ0v) is 15.9. The Balaban J connectivity index is 1.89. The second-order valence-corrected chi connectivity index (χ2v) is 7.44. The van der Waals surface area contributed by atoms with Gasteiger partial charge < -0.3 is 10.1 Å². The van der Waals surface area contributed by atoms with Gasteiger partial charge in [-0.15, -0.1) is 0 Å². The summed E-state index contributed by atoms with van der Waals surface area (Å²) in [7, 11) is -2.70. The van der Waals surface area contributed by atoms with Crippen molar-refractivity contribution in [2.75, 3.05) is 12.4 Å². The largest absolute Gasteiger partial charge is 0.497 e. The fourth-order valence-electron chi connectivity index (χ4n) is 2.53. The van der Waals surface area contributed by atoms with Gasteiger partial charge in [-0.1, -0.05) is 48.5 Å². The van der Waals surface area contributed by atoms with Crippen LogP contribution < -0.4 is 10.1 Å². The van der Waals surface area contributed by atoms with Gasteiger partial charge in [0.15, 0.2) is 6.10 Å². The molecule has 3 rings (SSSR count). The van der Waals surface area contributed by atoms with Crippen LogP contribution in [-0.2, 0) is 19.1 Å². The summed E-state index contributed by atoms with van der Waals surface area (Å²) in [6.45, 7) is 0. The van der Waals surface area contributed by atoms with Gasteiger partial charge in [-0.25, -0.2) is 4.18 Å². The number of carbonyl (C=O) groups excluding carboxylic acids is 1. The predicted octanol–water partition coefficient (Wildman–Crippen LogP) is 3.78. The summed E-state index contributed by atoms with van der Waals surface area (Å²) in [6, 6.07) is 23.0. The highest BCUT2D eigenvalue weighted by molar-refractivity contribution is 7.86. The maximum atomic E-state index is 12.8. The van der Waals surface area contributed by atoms with E-state index < -0.39 is 22.1 Å². The highest BCUT2D eigenvalue weighted by atomic mass is 32.2. The third-order valence-electron chi connectivity index (χ3n) is 3.95. The van der Waals surface area contributed by atoms with E-state index in [4.69, 9.17) is 8.92 Å². The van der Waals surface area contributed by atoms with Crippen molar-refractivity contribution in [3.05, 3.63) is 90.5 Å². The summed E-state index contributed by atoms with van der Waals surface area (Å²) in [5, 5.41) is 2.68. The van der Waals surface area contributed by atoms with Crippen molar-refractivity contribution >= 4 is 21.7 Å². The summed E-state index contributed by atoms with van der Waals surface area (Å²) in [5.74, 6) is -0.0742. The lowest BCUT2D eigenvalue weighted by atomic mass is 10.1. The van der Waals surface area contributed by atoms with Crippen molar-refractivity contribution in [3.8, 4) is 5.75 Å². The molecule has 144 valence electrons. The lowest BCUT2D eigenvalue weighted by Gasteiger charge is -2.18. The van der Waals surface area contributed by atoms with E-state index in [0.29, 0.717) is 17.0 Å². The third kappa shape index (κ3) is 4.76. The zero-order valence-electron chi connectivity index (χ0n) is 15.1. The van der Waals surface area contributed by atoms with E-state index in [1.54, 1.807) is 54.6 Å². The molecule has 1 N–H and O–H groups in total. The van der Waals surface area contributed by atoms with Gasteiger partial charge in [0, 0.05) is 5.69 Å². The summed E-state index contributed by atoms with van der Waals surface area (Å²) in [4.78, 5) is 12.7. The summed E-state index contributed by atoms with van der Waals surface area (Å²) < 4.78 is 35.8. The summed E-state index contributed by atoms with van der Waals surface area (Å²) in [6.07, 6.45) is -1.34. The average molecular weight is 397 g/mol. The molecule has 3 aromatic rings. The van der Waals surface area contributed by atoms with E-state index in [2.05, 4.69) is 5.32 Å². The topological polar surface area (TPSA) is 81.7 Å². The number of methoxy groups -OCH3 is 1. The normalized spacial score (nSPS) is 12.2. The van der Waals surface area contributed by atoms with Gasteiger partial charge >= 0.3 is 0 Å². The molecule has 1 amide bonds. The number of hydrogen-bond donors (Lipinski definition) is 1. The molecule has 0 aliphatic carbocycles. The quantitative estimate of drug-likeness (QED) is 0.614. The second-order valence-electron chi connectivity index (χ2n) is 5.87. The van der Waals surface area contributed by atoms with Crippen LogP contribution in [0.3, 0.4) is 0 Å². The Morgan fingerprint density at radius 2 is 1.43 bits per heavy atom. The van der Waals surface area contributed by atoms with Crippen molar-refractivity contribution in [3.63, 3.8) is 0 Å². The lowest BCUT2D eigenvalue weighted by molar-refractivity contribution is -0.122. The Morgan fingerprint density at radius 1 is 0.857 bits per heavy atom. The Labute approximate surface area is 163 Å². The van der Waals surface area contributed by atoms with Gasteiger partial charge in [0.05, 0.1) is 12.0 Å². The summed E-state index contributed by atoms with van der Waals surface area (Å²) >= 11 is 0. The molecule has 0 radical (unpaired) electrons. The van der Waals surface area contributed by atoms with Crippen molar-refractivity contribution in [1.29, 1.82) is 0 Å². The molecule has 3 aromatic carbocycles. The lowest BCUT2D eigenvalue weighted by Crippen LogP contribution is -2.26. The van der Waals surface area contributed by atoms with Crippen LogP contribution in [0.1, 0.15) is 11.7 Å². The SMILES string of the molecule is COc1ccc(S(=O)(=O)O[C@H](C(=O)Nc2ccccc2)c2ccccc2)cc1. The fourth-order valence-corrected chi connectivity index (χ4v) is 3.56. The van der Waals surface area contributed by atoms with Crippen molar-refractivity contribution in [2.24, 2.45) is 0 Å². The minimum absolute atomic E-state index is 0.0678. The van der Waals surface area contributed by atoms with Crippen LogP contribution >= 0.6 is 0 Å². The molecule has 0 fully saturated rings. The van der Waals surface area contributed by atoms with Crippen LogP contribution in [-0.4, -0.2) is 21.4 Å². The molecule has 0 aromatic heterocycles. The number of ether oxygens (including phenoxy) is 1. The molecule has 0 bridgehead atoms. The van der Waals surface area contributed by atoms with Crippen LogP contribution in [0.25, 0.3) is 0 Å². The average Bonchev–Trinajstić information content (AvgIpc) is 2.73. The highest BCUT2D eigenvalue weighted by Crippen LogP contribution is 2.26. The number of hydrogen-bond acceptors (Lipinski definition) is 5.